The number of aliphatic hydroxyl groups is 1. The van der Waals surface area contributed by atoms with Gasteiger partial charge in [-0.1, -0.05) is 20.8 Å². The predicted octanol–water partition coefficient (Wildman–Crippen LogP) is -1.56. The van der Waals surface area contributed by atoms with Crippen molar-refractivity contribution in [2.75, 3.05) is 0 Å². The molecule has 0 rings (SSSR count). The number of aliphatic hydroxyl groups excluding tert-OH is 1. The van der Waals surface area contributed by atoms with Crippen LogP contribution in [0.15, 0.2) is 0 Å². The Hall–Kier alpha value is -1.74. The second-order valence-electron chi connectivity index (χ2n) is 6.77. The molecule has 0 aliphatic carbocycles. The number of carboxylic acid groups (broad SMARTS) is 3. The average Bonchev–Trinajstić information content (AvgIpc) is 2.54. The molecule has 0 aromatic heterocycles. The van der Waals surface area contributed by atoms with Crippen molar-refractivity contribution in [1.29, 1.82) is 0 Å². The number of ketones is 3. The zero-order valence-corrected chi connectivity index (χ0v) is 22.5. The molecule has 0 amide bonds. The molecule has 0 aromatic rings. The van der Waals surface area contributed by atoms with E-state index >= 15 is 0 Å². The van der Waals surface area contributed by atoms with Gasteiger partial charge < -0.3 is 34.8 Å². The summed E-state index contributed by atoms with van der Waals surface area (Å²) < 4.78 is 0. The van der Waals surface area contributed by atoms with E-state index in [0.29, 0.717) is 19.3 Å². The summed E-state index contributed by atoms with van der Waals surface area (Å²) >= 11 is 0. The minimum absolute atomic E-state index is 0. The Morgan fingerprint density at radius 1 is 0.594 bits per heavy atom. The van der Waals surface area contributed by atoms with Crippen molar-refractivity contribution in [3.05, 3.63) is 0 Å². The van der Waals surface area contributed by atoms with Gasteiger partial charge in [-0.2, -0.15) is 0 Å². The van der Waals surface area contributed by atoms with Crippen molar-refractivity contribution in [2.45, 2.75) is 80.8 Å². The number of aliphatic carboxylic acids is 3. The summed E-state index contributed by atoms with van der Waals surface area (Å²) in [5.74, 6) is -7.56. The van der Waals surface area contributed by atoms with Gasteiger partial charge in [-0.05, 0) is 53.9 Å². The topological polar surface area (TPSA) is 192 Å². The quantitative estimate of drug-likeness (QED) is 0.336. The molecule has 3 unspecified atom stereocenters. The summed E-state index contributed by atoms with van der Waals surface area (Å²) in [5, 5.41) is 38.2. The van der Waals surface area contributed by atoms with E-state index < -0.39 is 35.7 Å². The first-order valence-corrected chi connectivity index (χ1v) is 9.83. The fourth-order valence-corrected chi connectivity index (χ4v) is 1.86. The molecule has 0 aliphatic rings. The summed E-state index contributed by atoms with van der Waals surface area (Å²) in [4.78, 5) is 61.3. The van der Waals surface area contributed by atoms with Crippen molar-refractivity contribution in [3.63, 3.8) is 0 Å². The molecule has 0 bridgehead atoms. The van der Waals surface area contributed by atoms with Gasteiger partial charge in [-0.15, -0.1) is 0 Å². The zero-order chi connectivity index (χ0) is 25.9. The number of carbonyl (C=O) groups is 6. The second-order valence-corrected chi connectivity index (χ2v) is 6.77. The fraction of sp³-hybridized carbons (Fsp3) is 0.714. The van der Waals surface area contributed by atoms with E-state index in [4.69, 9.17) is 5.11 Å². The molecule has 0 spiro atoms. The van der Waals surface area contributed by atoms with Crippen LogP contribution < -0.4 is 15.3 Å². The van der Waals surface area contributed by atoms with Gasteiger partial charge in [-0.3, -0.25) is 14.4 Å². The van der Waals surface area contributed by atoms with Gasteiger partial charge in [0.15, 0.2) is 0 Å². The molecular formula is C21H35O10Zr. The van der Waals surface area contributed by atoms with Gasteiger partial charge >= 0.3 is 26.2 Å². The van der Waals surface area contributed by atoms with Crippen LogP contribution in [0.1, 0.15) is 74.7 Å². The normalized spacial score (nSPS) is 11.8. The Balaban J connectivity index is -0.000000104. The van der Waals surface area contributed by atoms with E-state index in [2.05, 4.69) is 0 Å². The number of rotatable bonds is 9. The Morgan fingerprint density at radius 2 is 0.719 bits per heavy atom. The van der Waals surface area contributed by atoms with Gasteiger partial charge in [0.05, 0.1) is 35.7 Å². The Bertz CT molecular complexity index is 466. The van der Waals surface area contributed by atoms with Gasteiger partial charge in [0.2, 0.25) is 0 Å². The third kappa shape index (κ3) is 26.3. The summed E-state index contributed by atoms with van der Waals surface area (Å²) in [6.07, 6.45) is 0.785. The van der Waals surface area contributed by atoms with Crippen molar-refractivity contribution in [1.82, 2.24) is 0 Å². The maximum atomic E-state index is 10.4. The van der Waals surface area contributed by atoms with Crippen LogP contribution in [-0.2, 0) is 55.0 Å². The number of carboxylic acids is 3. The van der Waals surface area contributed by atoms with Crippen LogP contribution in [0.3, 0.4) is 0 Å². The van der Waals surface area contributed by atoms with E-state index in [9.17, 15) is 44.1 Å². The second kappa shape index (κ2) is 23.9. The SMILES string of the molecule is CC(C)O.CCC(C(C)=O)C(=O)[O-].CCC(C(C)=O)C(=O)[O-].CCC(C(C)=O)C(=O)[O-].[Zr+3]. The number of hydrogen-bond acceptors (Lipinski definition) is 10. The zero-order valence-electron chi connectivity index (χ0n) is 20.1. The Morgan fingerprint density at radius 3 is 0.719 bits per heavy atom. The monoisotopic (exact) mass is 537 g/mol. The molecule has 0 aliphatic heterocycles. The molecule has 0 heterocycles. The largest absolute Gasteiger partial charge is 3.00 e. The molecule has 11 heteroatoms. The molecule has 0 aromatic carbocycles. The molecule has 32 heavy (non-hydrogen) atoms. The van der Waals surface area contributed by atoms with Crippen molar-refractivity contribution in [3.8, 4) is 0 Å². The standard InChI is InChI=1S/3C6H10O3.C3H8O.Zr/c3*1-3-5(4(2)7)6(8)9;1-3(2)4;/h3*5H,3H2,1-2H3,(H,8,9);3-4H,1-2H3;/q;;;;+3/p-3. The van der Waals surface area contributed by atoms with Gasteiger partial charge in [0.25, 0.3) is 0 Å². The number of carbonyl (C=O) groups excluding carboxylic acids is 6. The average molecular weight is 539 g/mol. The van der Waals surface area contributed by atoms with E-state index in [0.717, 1.165) is 0 Å². The van der Waals surface area contributed by atoms with Crippen molar-refractivity contribution < 1.29 is 75.4 Å². The first kappa shape index (κ1) is 40.6. The van der Waals surface area contributed by atoms with E-state index in [1.54, 1.807) is 34.6 Å². The van der Waals surface area contributed by atoms with Crippen LogP contribution in [0.2, 0.25) is 0 Å². The summed E-state index contributed by atoms with van der Waals surface area (Å²) in [7, 11) is 0. The molecule has 0 fully saturated rings. The van der Waals surface area contributed by atoms with Crippen LogP contribution >= 0.6 is 0 Å². The van der Waals surface area contributed by atoms with Crippen LogP contribution in [0.25, 0.3) is 0 Å². The molecule has 10 nitrogen and oxygen atoms in total. The third-order valence-corrected chi connectivity index (χ3v) is 3.55. The predicted molar refractivity (Wildman–Crippen MR) is 106 cm³/mol. The minimum Gasteiger partial charge on any atom is -0.549 e. The van der Waals surface area contributed by atoms with E-state index in [1.165, 1.54) is 20.8 Å². The van der Waals surface area contributed by atoms with Crippen molar-refractivity contribution in [2.24, 2.45) is 17.8 Å². The first-order valence-electron chi connectivity index (χ1n) is 9.83. The minimum atomic E-state index is -1.27. The first-order chi connectivity index (χ1) is 14.0. The summed E-state index contributed by atoms with van der Waals surface area (Å²) in [6, 6.07) is 0. The van der Waals surface area contributed by atoms with E-state index in [1.807, 2.05) is 0 Å². The van der Waals surface area contributed by atoms with Gasteiger partial charge in [0.1, 0.15) is 17.3 Å². The van der Waals surface area contributed by atoms with Crippen LogP contribution in [0, 0.1) is 17.8 Å². The fourth-order valence-electron chi connectivity index (χ4n) is 1.86. The van der Waals surface area contributed by atoms with Gasteiger partial charge in [-0.25, -0.2) is 0 Å². The van der Waals surface area contributed by atoms with Crippen molar-refractivity contribution >= 4 is 35.3 Å². The maximum Gasteiger partial charge on any atom is 3.00 e. The molecule has 0 saturated carbocycles. The molecule has 0 saturated heterocycles. The van der Waals surface area contributed by atoms with Crippen LogP contribution in [0.5, 0.6) is 0 Å². The molecule has 3 atom stereocenters. The third-order valence-electron chi connectivity index (χ3n) is 3.55. The number of Topliss-reactive ketones (excluding diaryl/α,β-unsaturated/α-hetero) is 3. The molecule has 1 N–H and O–H groups in total. The smallest absolute Gasteiger partial charge is 0.549 e. The van der Waals surface area contributed by atoms with E-state index in [-0.39, 0.29) is 49.7 Å². The maximum absolute atomic E-state index is 10.4. The Kier molecular flexibility index (Phi) is 30.3. The molecular weight excluding hydrogens is 503 g/mol. The van der Waals surface area contributed by atoms with Crippen LogP contribution in [0.4, 0.5) is 0 Å². The molecule has 1 radical (unpaired) electrons. The number of hydrogen-bond donors (Lipinski definition) is 1. The Labute approximate surface area is 208 Å². The molecule has 183 valence electrons. The summed E-state index contributed by atoms with van der Waals surface area (Å²) in [5.41, 5.74) is 0. The van der Waals surface area contributed by atoms with Gasteiger partial charge in [0, 0.05) is 6.10 Å². The summed E-state index contributed by atoms with van der Waals surface area (Å²) in [6.45, 7) is 12.1. The van der Waals surface area contributed by atoms with Crippen LogP contribution in [-0.4, -0.2) is 46.5 Å².